The van der Waals surface area contributed by atoms with Gasteiger partial charge < -0.3 is 9.80 Å². The number of nitrogens with zero attached hydrogens (tertiary/aromatic N) is 5. The predicted octanol–water partition coefficient (Wildman–Crippen LogP) is 1.60. The Kier molecular flexibility index (Phi) is 5.62. The summed E-state index contributed by atoms with van der Waals surface area (Å²) in [6.07, 6.45) is 2.42. The smallest absolute Gasteiger partial charge is 0.274 e. The van der Waals surface area contributed by atoms with Crippen LogP contribution in [-0.4, -0.2) is 75.1 Å². The summed E-state index contributed by atoms with van der Waals surface area (Å²) in [4.78, 5) is 31.7. The summed E-state index contributed by atoms with van der Waals surface area (Å²) in [5.41, 5.74) is 1.38. The third-order valence-corrected chi connectivity index (χ3v) is 5.78. The Hall–Kier alpha value is -2.74. The van der Waals surface area contributed by atoms with Gasteiger partial charge in [-0.05, 0) is 37.1 Å². The van der Waals surface area contributed by atoms with E-state index in [1.165, 1.54) is 12.1 Å². The SMILES string of the molecule is CCn1ccc(C(=O)N2CCC3C(=O)N(Cc4ccc(F)cc4)CCN3CC2)n1. The Bertz CT molecular complexity index is 881. The molecule has 0 radical (unpaired) electrons. The number of fused-ring (bicyclic) bond motifs is 1. The van der Waals surface area contributed by atoms with Gasteiger partial charge in [-0.15, -0.1) is 0 Å². The van der Waals surface area contributed by atoms with Crippen LogP contribution in [0.1, 0.15) is 29.4 Å². The van der Waals surface area contributed by atoms with Gasteiger partial charge in [0.05, 0.1) is 6.04 Å². The highest BCUT2D eigenvalue weighted by Crippen LogP contribution is 2.21. The lowest BCUT2D eigenvalue weighted by molar-refractivity contribution is -0.142. The molecule has 7 nitrogen and oxygen atoms in total. The van der Waals surface area contributed by atoms with Crippen LogP contribution >= 0.6 is 0 Å². The molecule has 1 aromatic carbocycles. The Morgan fingerprint density at radius 2 is 1.86 bits per heavy atom. The molecule has 0 spiro atoms. The predicted molar refractivity (Wildman–Crippen MR) is 106 cm³/mol. The number of carbonyl (C=O) groups is 2. The van der Waals surface area contributed by atoms with E-state index in [1.807, 2.05) is 18.0 Å². The summed E-state index contributed by atoms with van der Waals surface area (Å²) in [7, 11) is 0. The number of hydrogen-bond donors (Lipinski definition) is 0. The van der Waals surface area contributed by atoms with E-state index in [4.69, 9.17) is 0 Å². The lowest BCUT2D eigenvalue weighted by Crippen LogP contribution is -2.56. The average Bonchev–Trinajstić information content (AvgIpc) is 3.11. The molecule has 154 valence electrons. The van der Waals surface area contributed by atoms with Crippen molar-refractivity contribution in [1.82, 2.24) is 24.5 Å². The fraction of sp³-hybridized carbons (Fsp3) is 0.476. The van der Waals surface area contributed by atoms with Crippen LogP contribution in [0.15, 0.2) is 36.5 Å². The highest BCUT2D eigenvalue weighted by Gasteiger charge is 2.37. The molecule has 3 heterocycles. The van der Waals surface area contributed by atoms with Crippen LogP contribution in [0.3, 0.4) is 0 Å². The number of benzene rings is 1. The molecule has 2 fully saturated rings. The molecule has 2 aromatic rings. The number of aryl methyl sites for hydroxylation is 1. The molecule has 0 bridgehead atoms. The van der Waals surface area contributed by atoms with Crippen molar-refractivity contribution in [2.24, 2.45) is 0 Å². The van der Waals surface area contributed by atoms with E-state index in [9.17, 15) is 14.0 Å². The van der Waals surface area contributed by atoms with Crippen LogP contribution in [0.25, 0.3) is 0 Å². The normalized spacial score (nSPS) is 20.5. The summed E-state index contributed by atoms with van der Waals surface area (Å²) in [5, 5.41) is 4.32. The van der Waals surface area contributed by atoms with Crippen molar-refractivity contribution < 1.29 is 14.0 Å². The first kappa shape index (κ1) is 19.6. The van der Waals surface area contributed by atoms with Gasteiger partial charge in [-0.2, -0.15) is 5.10 Å². The van der Waals surface area contributed by atoms with Gasteiger partial charge >= 0.3 is 0 Å². The minimum absolute atomic E-state index is 0.0762. The number of hydrogen-bond acceptors (Lipinski definition) is 4. The van der Waals surface area contributed by atoms with Crippen molar-refractivity contribution in [2.45, 2.75) is 32.5 Å². The van der Waals surface area contributed by atoms with E-state index in [1.54, 1.807) is 27.8 Å². The first-order valence-electron chi connectivity index (χ1n) is 10.1. The van der Waals surface area contributed by atoms with Crippen molar-refractivity contribution in [3.05, 3.63) is 53.6 Å². The molecule has 2 amide bonds. The fourth-order valence-electron chi connectivity index (χ4n) is 4.08. The molecule has 29 heavy (non-hydrogen) atoms. The van der Waals surface area contributed by atoms with E-state index >= 15 is 0 Å². The van der Waals surface area contributed by atoms with Gasteiger partial charge in [0.2, 0.25) is 5.91 Å². The standard InChI is InChI=1S/C21H26FN5O2/c1-2-27-10-7-18(23-27)20(28)25-9-8-19-21(29)26(14-12-24(19)11-13-25)15-16-3-5-17(22)6-4-16/h3-7,10,19H,2,8-9,11-15H2,1H3. The Labute approximate surface area is 169 Å². The number of rotatable bonds is 4. The number of aromatic nitrogens is 2. The second-order valence-electron chi connectivity index (χ2n) is 7.58. The first-order chi connectivity index (χ1) is 14.0. The first-order valence-corrected chi connectivity index (χ1v) is 10.1. The summed E-state index contributed by atoms with van der Waals surface area (Å²) >= 11 is 0. The maximum atomic E-state index is 13.1. The van der Waals surface area contributed by atoms with Gasteiger partial charge in [0, 0.05) is 52.0 Å². The maximum absolute atomic E-state index is 13.1. The minimum Gasteiger partial charge on any atom is -0.336 e. The van der Waals surface area contributed by atoms with Crippen LogP contribution in [0.5, 0.6) is 0 Å². The zero-order valence-corrected chi connectivity index (χ0v) is 16.6. The van der Waals surface area contributed by atoms with Gasteiger partial charge in [0.15, 0.2) is 0 Å². The van der Waals surface area contributed by atoms with Crippen LogP contribution in [0.4, 0.5) is 4.39 Å². The van der Waals surface area contributed by atoms with Crippen molar-refractivity contribution >= 4 is 11.8 Å². The molecule has 1 unspecified atom stereocenters. The quantitative estimate of drug-likeness (QED) is 0.784. The molecular weight excluding hydrogens is 373 g/mol. The highest BCUT2D eigenvalue weighted by molar-refractivity contribution is 5.92. The summed E-state index contributed by atoms with van der Waals surface area (Å²) < 4.78 is 14.9. The van der Waals surface area contributed by atoms with Crippen LogP contribution in [0, 0.1) is 5.82 Å². The summed E-state index contributed by atoms with van der Waals surface area (Å²) in [6, 6.07) is 7.82. The number of amides is 2. The molecule has 2 aliphatic rings. The topological polar surface area (TPSA) is 61.7 Å². The van der Waals surface area contributed by atoms with Crippen LogP contribution in [0.2, 0.25) is 0 Å². The summed E-state index contributed by atoms with van der Waals surface area (Å²) in [5.74, 6) is -0.264. The van der Waals surface area contributed by atoms with Crippen LogP contribution < -0.4 is 0 Å². The molecule has 0 N–H and O–H groups in total. The van der Waals surface area contributed by atoms with Gasteiger partial charge in [0.25, 0.3) is 5.91 Å². The Morgan fingerprint density at radius 3 is 2.59 bits per heavy atom. The lowest BCUT2D eigenvalue weighted by Gasteiger charge is -2.39. The Balaban J connectivity index is 1.40. The second-order valence-corrected chi connectivity index (χ2v) is 7.58. The van der Waals surface area contributed by atoms with Crippen LogP contribution in [-0.2, 0) is 17.9 Å². The molecule has 4 rings (SSSR count). The van der Waals surface area contributed by atoms with E-state index in [0.29, 0.717) is 44.8 Å². The summed E-state index contributed by atoms with van der Waals surface area (Å²) in [6.45, 7) is 6.43. The van der Waals surface area contributed by atoms with Crippen molar-refractivity contribution in [3.8, 4) is 0 Å². The third-order valence-electron chi connectivity index (χ3n) is 5.78. The van der Waals surface area contributed by atoms with Crippen molar-refractivity contribution in [1.29, 1.82) is 0 Å². The molecular formula is C21H26FN5O2. The number of carbonyl (C=O) groups excluding carboxylic acids is 2. The number of halogens is 1. The number of piperazine rings is 1. The lowest BCUT2D eigenvalue weighted by atomic mass is 10.1. The molecule has 0 aliphatic carbocycles. The minimum atomic E-state index is -0.276. The third kappa shape index (κ3) is 4.17. The zero-order chi connectivity index (χ0) is 20.4. The van der Waals surface area contributed by atoms with E-state index in [-0.39, 0.29) is 23.7 Å². The van der Waals surface area contributed by atoms with E-state index in [0.717, 1.165) is 18.7 Å². The van der Waals surface area contributed by atoms with E-state index in [2.05, 4.69) is 10.00 Å². The average molecular weight is 399 g/mol. The van der Waals surface area contributed by atoms with Gasteiger partial charge in [-0.25, -0.2) is 4.39 Å². The van der Waals surface area contributed by atoms with Gasteiger partial charge in [0.1, 0.15) is 11.5 Å². The maximum Gasteiger partial charge on any atom is 0.274 e. The van der Waals surface area contributed by atoms with Crippen molar-refractivity contribution in [3.63, 3.8) is 0 Å². The molecule has 1 aromatic heterocycles. The fourth-order valence-corrected chi connectivity index (χ4v) is 4.08. The molecule has 2 aliphatic heterocycles. The van der Waals surface area contributed by atoms with Gasteiger partial charge in [-0.1, -0.05) is 12.1 Å². The van der Waals surface area contributed by atoms with E-state index < -0.39 is 0 Å². The molecule has 1 atom stereocenters. The monoisotopic (exact) mass is 399 g/mol. The van der Waals surface area contributed by atoms with Gasteiger partial charge in [-0.3, -0.25) is 19.2 Å². The van der Waals surface area contributed by atoms with Crippen molar-refractivity contribution in [2.75, 3.05) is 32.7 Å². The molecule has 2 saturated heterocycles. The molecule has 0 saturated carbocycles. The highest BCUT2D eigenvalue weighted by atomic mass is 19.1. The second kappa shape index (κ2) is 8.32. The molecule has 8 heteroatoms. The zero-order valence-electron chi connectivity index (χ0n) is 16.6. The largest absolute Gasteiger partial charge is 0.336 e. The Morgan fingerprint density at radius 1 is 1.10 bits per heavy atom.